The van der Waals surface area contributed by atoms with Crippen LogP contribution in [0.5, 0.6) is 0 Å². The summed E-state index contributed by atoms with van der Waals surface area (Å²) in [6, 6.07) is 0. The first-order chi connectivity index (χ1) is 9.44. The number of hydrogen-bond donors (Lipinski definition) is 1. The molecule has 2 unspecified atom stereocenters. The minimum absolute atomic E-state index is 0.0715. The smallest absolute Gasteiger partial charge is 0.192 e. The van der Waals surface area contributed by atoms with E-state index in [0.29, 0.717) is 6.42 Å². The quantitative estimate of drug-likeness (QED) is 0.818. The van der Waals surface area contributed by atoms with Gasteiger partial charge in [-0.1, -0.05) is 20.8 Å². The Hall–Kier alpha value is -0.303. The number of halogens is 1. The molecule has 1 aromatic rings. The van der Waals surface area contributed by atoms with Crippen LogP contribution in [0.1, 0.15) is 45.9 Å². The van der Waals surface area contributed by atoms with Crippen molar-refractivity contribution < 1.29 is 9.53 Å². The van der Waals surface area contributed by atoms with Crippen molar-refractivity contribution in [2.24, 2.45) is 0 Å². The van der Waals surface area contributed by atoms with Gasteiger partial charge in [0.05, 0.1) is 16.2 Å². The lowest BCUT2D eigenvalue weighted by Crippen LogP contribution is -2.61. The van der Waals surface area contributed by atoms with Crippen LogP contribution < -0.4 is 0 Å². The van der Waals surface area contributed by atoms with Crippen molar-refractivity contribution in [3.05, 3.63) is 22.7 Å². The van der Waals surface area contributed by atoms with Gasteiger partial charge in [-0.2, -0.15) is 0 Å². The molecule has 0 aliphatic heterocycles. The Labute approximate surface area is 136 Å². The third kappa shape index (κ3) is 3.38. The van der Waals surface area contributed by atoms with E-state index in [1.54, 1.807) is 12.4 Å². The highest BCUT2D eigenvalue weighted by Gasteiger charge is 2.55. The van der Waals surface area contributed by atoms with Crippen LogP contribution in [0.25, 0.3) is 0 Å². The Kier molecular flexibility index (Phi) is 4.39. The van der Waals surface area contributed by atoms with E-state index in [1.165, 1.54) is 0 Å². The Bertz CT molecular complexity index is 511. The molecule has 2 rings (SSSR count). The van der Waals surface area contributed by atoms with Crippen LogP contribution in [0.3, 0.4) is 0 Å². The molecule has 0 aromatic carbocycles. The fraction of sp³-hybridized carbons (Fsp3) is 0.733. The normalized spacial score (nSPS) is 30.1. The summed E-state index contributed by atoms with van der Waals surface area (Å²) in [7, 11) is -1.94. The van der Waals surface area contributed by atoms with Crippen LogP contribution in [-0.4, -0.2) is 35.1 Å². The molecule has 0 spiro atoms. The first-order valence-corrected chi connectivity index (χ1v) is 11.0. The number of rotatable bonds is 3. The van der Waals surface area contributed by atoms with Crippen molar-refractivity contribution in [1.29, 1.82) is 0 Å². The highest BCUT2D eigenvalue weighted by Crippen LogP contribution is 2.49. The van der Waals surface area contributed by atoms with Gasteiger partial charge < -0.3 is 9.53 Å². The highest BCUT2D eigenvalue weighted by molar-refractivity contribution is 9.10. The highest BCUT2D eigenvalue weighted by atomic mass is 79.9. The molecule has 21 heavy (non-hydrogen) atoms. The molecule has 0 saturated heterocycles. The molecule has 1 saturated carbocycles. The zero-order valence-electron chi connectivity index (χ0n) is 13.6. The van der Waals surface area contributed by atoms with E-state index in [9.17, 15) is 5.11 Å². The molecular formula is C15H25BrN2O2Si. The molecule has 3 atom stereocenters. The first-order valence-electron chi connectivity index (χ1n) is 7.32. The summed E-state index contributed by atoms with van der Waals surface area (Å²) in [5.74, 6) is 0.829. The van der Waals surface area contributed by atoms with Gasteiger partial charge in [-0.15, -0.1) is 0 Å². The van der Waals surface area contributed by atoms with Crippen molar-refractivity contribution in [2.45, 2.75) is 69.9 Å². The minimum atomic E-state index is -1.94. The van der Waals surface area contributed by atoms with E-state index < -0.39 is 13.9 Å². The Morgan fingerprint density at radius 2 is 1.86 bits per heavy atom. The molecule has 0 amide bonds. The molecule has 1 aliphatic rings. The summed E-state index contributed by atoms with van der Waals surface area (Å²) in [6.45, 7) is 12.9. The molecule has 4 nitrogen and oxygen atoms in total. The van der Waals surface area contributed by atoms with Crippen LogP contribution in [0.2, 0.25) is 18.1 Å². The third-order valence-corrected chi connectivity index (χ3v) is 9.68. The zero-order valence-corrected chi connectivity index (χ0v) is 16.2. The lowest BCUT2D eigenvalue weighted by molar-refractivity contribution is -0.142. The monoisotopic (exact) mass is 372 g/mol. The summed E-state index contributed by atoms with van der Waals surface area (Å²) >= 11 is 3.35. The average Bonchev–Trinajstić information content (AvgIpc) is 2.34. The second-order valence-corrected chi connectivity index (χ2v) is 13.4. The molecule has 118 valence electrons. The molecule has 1 aromatic heterocycles. The van der Waals surface area contributed by atoms with Gasteiger partial charge in [0, 0.05) is 18.3 Å². The van der Waals surface area contributed by atoms with Gasteiger partial charge in [-0.3, -0.25) is 0 Å². The van der Waals surface area contributed by atoms with E-state index in [2.05, 4.69) is 59.8 Å². The van der Waals surface area contributed by atoms with Gasteiger partial charge in [-0.25, -0.2) is 9.97 Å². The second-order valence-electron chi connectivity index (χ2n) is 7.73. The summed E-state index contributed by atoms with van der Waals surface area (Å²) in [5.41, 5.74) is -0.795. The maximum Gasteiger partial charge on any atom is 0.192 e. The Morgan fingerprint density at radius 3 is 2.29 bits per heavy atom. The van der Waals surface area contributed by atoms with Gasteiger partial charge in [0.2, 0.25) is 0 Å². The summed E-state index contributed by atoms with van der Waals surface area (Å²) < 4.78 is 7.31. The lowest BCUT2D eigenvalue weighted by Gasteiger charge is -2.53. The van der Waals surface area contributed by atoms with Crippen molar-refractivity contribution in [1.82, 2.24) is 9.97 Å². The first kappa shape index (κ1) is 17.1. The molecular weight excluding hydrogens is 348 g/mol. The van der Waals surface area contributed by atoms with Gasteiger partial charge in [0.1, 0.15) is 5.82 Å². The summed E-state index contributed by atoms with van der Waals surface area (Å²) in [6.07, 6.45) is 3.92. The average molecular weight is 373 g/mol. The zero-order chi connectivity index (χ0) is 16.1. The lowest BCUT2D eigenvalue weighted by atomic mass is 9.68. The fourth-order valence-electron chi connectivity index (χ4n) is 2.39. The van der Waals surface area contributed by atoms with E-state index in [0.717, 1.165) is 10.3 Å². The van der Waals surface area contributed by atoms with Crippen LogP contribution >= 0.6 is 15.9 Å². The van der Waals surface area contributed by atoms with Gasteiger partial charge >= 0.3 is 0 Å². The van der Waals surface area contributed by atoms with E-state index >= 15 is 0 Å². The maximum absolute atomic E-state index is 10.5. The van der Waals surface area contributed by atoms with Crippen molar-refractivity contribution >= 4 is 24.2 Å². The summed E-state index contributed by atoms with van der Waals surface area (Å²) in [5, 5.41) is 10.6. The number of aromatic nitrogens is 2. The number of aliphatic hydroxyl groups is 1. The minimum Gasteiger partial charge on any atom is -0.410 e. The maximum atomic E-state index is 10.5. The Balaban J connectivity index is 2.21. The molecule has 1 aliphatic carbocycles. The number of nitrogens with zero attached hydrogens (tertiary/aromatic N) is 2. The number of hydrogen-bond acceptors (Lipinski definition) is 4. The van der Waals surface area contributed by atoms with Crippen LogP contribution in [0, 0.1) is 0 Å². The van der Waals surface area contributed by atoms with Gasteiger partial charge in [0.15, 0.2) is 8.32 Å². The topological polar surface area (TPSA) is 55.2 Å². The van der Waals surface area contributed by atoms with Gasteiger partial charge in [-0.05, 0) is 47.4 Å². The van der Waals surface area contributed by atoms with E-state index in [4.69, 9.17) is 4.43 Å². The third-order valence-electron chi connectivity index (χ3n) is 4.81. The molecule has 6 heteroatoms. The van der Waals surface area contributed by atoms with Crippen molar-refractivity contribution in [2.75, 3.05) is 0 Å². The predicted molar refractivity (Wildman–Crippen MR) is 89.8 cm³/mol. The van der Waals surface area contributed by atoms with Crippen LogP contribution in [-0.2, 0) is 4.43 Å². The van der Waals surface area contributed by atoms with Crippen molar-refractivity contribution in [3.63, 3.8) is 0 Å². The second kappa shape index (κ2) is 5.40. The molecule has 1 heterocycles. The molecule has 0 bridgehead atoms. The van der Waals surface area contributed by atoms with E-state index in [1.807, 2.05) is 6.92 Å². The molecule has 1 N–H and O–H groups in total. The summed E-state index contributed by atoms with van der Waals surface area (Å²) in [4.78, 5) is 8.75. The standard InChI is InChI=1S/C15H25BrN2O2Si/c1-14(2,3)21(5,6)20-12-11(7-15(12,4)19)13-17-8-10(16)9-18-13/h8-9,11-12,19H,7H2,1-6H3/t11-,12?,15?/m0/s1. The van der Waals surface area contributed by atoms with Gasteiger partial charge in [0.25, 0.3) is 0 Å². The largest absolute Gasteiger partial charge is 0.410 e. The molecule has 0 radical (unpaired) electrons. The SMILES string of the molecule is CC1(O)C[C@H](c2ncc(Br)cn2)C1O[Si](C)(C)C(C)(C)C. The molecule has 1 fully saturated rings. The Morgan fingerprint density at radius 1 is 1.33 bits per heavy atom. The van der Waals surface area contributed by atoms with Crippen LogP contribution in [0.4, 0.5) is 0 Å². The van der Waals surface area contributed by atoms with E-state index in [-0.39, 0.29) is 17.1 Å². The predicted octanol–water partition coefficient (Wildman–Crippen LogP) is 3.87. The fourth-order valence-corrected chi connectivity index (χ4v) is 4.00. The van der Waals surface area contributed by atoms with Crippen molar-refractivity contribution in [3.8, 4) is 0 Å². The van der Waals surface area contributed by atoms with Crippen LogP contribution in [0.15, 0.2) is 16.9 Å².